The van der Waals surface area contributed by atoms with Gasteiger partial charge in [-0.2, -0.15) is 0 Å². The molecule has 0 aliphatic carbocycles. The summed E-state index contributed by atoms with van der Waals surface area (Å²) in [5.41, 5.74) is -2.74. The van der Waals surface area contributed by atoms with Gasteiger partial charge >= 0.3 is 66.7 Å². The van der Waals surface area contributed by atoms with Gasteiger partial charge in [0.25, 0.3) is 0 Å². The van der Waals surface area contributed by atoms with Crippen LogP contribution in [0.25, 0.3) is 0 Å². The van der Waals surface area contributed by atoms with Gasteiger partial charge in [-0.15, -0.1) is 0 Å². The molecule has 0 saturated heterocycles. The van der Waals surface area contributed by atoms with Crippen molar-refractivity contribution in [2.75, 3.05) is 0 Å². The fourth-order valence-electron chi connectivity index (χ4n) is 0.952. The number of benzene rings is 1. The molecule has 1 aromatic carbocycles. The molecule has 1 unspecified atom stereocenters. The topological polar surface area (TPSA) is 130 Å². The average Bonchev–Trinajstić information content (AvgIpc) is 2.13. The molecule has 12 heteroatoms. The zero-order chi connectivity index (χ0) is 13.3. The first-order valence-corrected chi connectivity index (χ1v) is 7.77. The van der Waals surface area contributed by atoms with Gasteiger partial charge in [0.15, 0.2) is 0 Å². The van der Waals surface area contributed by atoms with Crippen molar-refractivity contribution in [2.24, 2.45) is 0 Å². The minimum Gasteiger partial charge on any atom is -0.808 e. The van der Waals surface area contributed by atoms with E-state index in [1.165, 1.54) is 24.3 Å². The van der Waals surface area contributed by atoms with E-state index in [-0.39, 0.29) is 64.9 Å². The molecule has 19 heavy (non-hydrogen) atoms. The van der Waals surface area contributed by atoms with Crippen molar-refractivity contribution in [1.29, 1.82) is 0 Å². The van der Waals surface area contributed by atoms with E-state index in [1.54, 1.807) is 0 Å². The zero-order valence-electron chi connectivity index (χ0n) is 10.1. The van der Waals surface area contributed by atoms with E-state index in [1.807, 2.05) is 0 Å². The maximum Gasteiger partial charge on any atom is 1.00 e. The van der Waals surface area contributed by atoms with Gasteiger partial charge in [-0.05, 0) is 31.9 Å². The van der Waals surface area contributed by atoms with E-state index in [9.17, 15) is 18.9 Å². The van der Waals surface area contributed by atoms with Crippen molar-refractivity contribution in [3.8, 4) is 5.75 Å². The van der Waals surface area contributed by atoms with Crippen molar-refractivity contribution in [2.45, 2.75) is 5.59 Å². The number of halogens is 1. The minimum atomic E-state index is -5.59. The van der Waals surface area contributed by atoms with Gasteiger partial charge in [0.1, 0.15) is 5.75 Å². The molecule has 0 radical (unpaired) electrons. The second-order valence-electron chi connectivity index (χ2n) is 3.03. The van der Waals surface area contributed by atoms with Crippen molar-refractivity contribution in [3.63, 3.8) is 0 Å². The van der Waals surface area contributed by atoms with Crippen LogP contribution >= 0.6 is 26.8 Å². The van der Waals surface area contributed by atoms with Gasteiger partial charge < -0.3 is 28.9 Å². The molecule has 0 heterocycles. The zero-order valence-corrected chi connectivity index (χ0v) is 16.6. The predicted octanol–water partition coefficient (Wildman–Crippen LogP) is -5.90. The summed E-state index contributed by atoms with van der Waals surface area (Å²) in [6.07, 6.45) is 0. The van der Waals surface area contributed by atoms with Crippen LogP contribution in [0.15, 0.2) is 24.3 Å². The first-order chi connectivity index (χ1) is 7.60. The van der Waals surface area contributed by atoms with Crippen LogP contribution in [0.4, 0.5) is 0 Å². The Morgan fingerprint density at radius 1 is 1.11 bits per heavy atom. The molecular formula is C7H7ClNa2O7P2. The molecule has 7 nitrogen and oxygen atoms in total. The number of hydrogen-bond acceptors (Lipinski definition) is 5. The van der Waals surface area contributed by atoms with Gasteiger partial charge in [0, 0.05) is 5.02 Å². The summed E-state index contributed by atoms with van der Waals surface area (Å²) in [6, 6.07) is 4.99. The van der Waals surface area contributed by atoms with Gasteiger partial charge in [0.2, 0.25) is 5.59 Å². The quantitative estimate of drug-likeness (QED) is 0.410. The van der Waals surface area contributed by atoms with Crippen molar-refractivity contribution < 1.29 is 92.6 Å². The predicted molar refractivity (Wildman–Crippen MR) is 55.5 cm³/mol. The van der Waals surface area contributed by atoms with Crippen molar-refractivity contribution in [3.05, 3.63) is 29.3 Å². The molecule has 0 saturated carbocycles. The molecule has 0 aliphatic heterocycles. The molecule has 0 amide bonds. The molecule has 0 spiro atoms. The Morgan fingerprint density at radius 2 is 1.53 bits per heavy atom. The van der Waals surface area contributed by atoms with E-state index in [0.717, 1.165) is 0 Å². The van der Waals surface area contributed by atoms with Gasteiger partial charge in [0.05, 0.1) is 0 Å². The summed E-state index contributed by atoms with van der Waals surface area (Å²) >= 11 is 5.54. The van der Waals surface area contributed by atoms with E-state index in [0.29, 0.717) is 5.02 Å². The van der Waals surface area contributed by atoms with E-state index in [2.05, 4.69) is 4.74 Å². The fourth-order valence-corrected chi connectivity index (χ4v) is 3.06. The third-order valence-corrected chi connectivity index (χ3v) is 4.94. The van der Waals surface area contributed by atoms with Crippen LogP contribution in [0.2, 0.25) is 5.02 Å². The van der Waals surface area contributed by atoms with Crippen LogP contribution in [0, 0.1) is 0 Å². The van der Waals surface area contributed by atoms with Crippen LogP contribution in [-0.4, -0.2) is 15.4 Å². The summed E-state index contributed by atoms with van der Waals surface area (Å²) in [7, 11) is -10.8. The SMILES string of the molecule is O=P([O-])([O-])C(Oc1ccc(Cl)cc1)P(=O)(O)O.[Na+].[Na+]. The van der Waals surface area contributed by atoms with Crippen molar-refractivity contribution >= 4 is 26.8 Å². The number of rotatable bonds is 4. The third kappa shape index (κ3) is 7.98. The summed E-state index contributed by atoms with van der Waals surface area (Å²) < 4.78 is 26.0. The van der Waals surface area contributed by atoms with Gasteiger partial charge in [-0.1, -0.05) is 11.6 Å². The maximum atomic E-state index is 10.8. The van der Waals surface area contributed by atoms with Crippen LogP contribution in [0.3, 0.4) is 0 Å². The Bertz CT molecular complexity index is 463. The molecule has 96 valence electrons. The van der Waals surface area contributed by atoms with Crippen LogP contribution in [-0.2, 0) is 9.13 Å². The Kier molecular flexibility index (Phi) is 10.7. The maximum absolute atomic E-state index is 10.8. The Morgan fingerprint density at radius 3 is 1.84 bits per heavy atom. The molecule has 1 aromatic rings. The molecule has 0 fully saturated rings. The van der Waals surface area contributed by atoms with E-state index in [4.69, 9.17) is 21.4 Å². The van der Waals surface area contributed by atoms with E-state index >= 15 is 0 Å². The Hall–Kier alpha value is 1.61. The molecule has 2 N–H and O–H groups in total. The van der Waals surface area contributed by atoms with Gasteiger partial charge in [-0.25, -0.2) is 0 Å². The first kappa shape index (κ1) is 22.9. The minimum absolute atomic E-state index is 0. The first-order valence-electron chi connectivity index (χ1n) is 4.10. The molecule has 0 bridgehead atoms. The van der Waals surface area contributed by atoms with E-state index < -0.39 is 20.8 Å². The van der Waals surface area contributed by atoms with Crippen LogP contribution < -0.4 is 73.6 Å². The second kappa shape index (κ2) is 8.91. The van der Waals surface area contributed by atoms with Crippen molar-refractivity contribution in [1.82, 2.24) is 0 Å². The molecule has 1 rings (SSSR count). The normalized spacial score (nSPS) is 12.9. The fraction of sp³-hybridized carbons (Fsp3) is 0.143. The Balaban J connectivity index is 0. The monoisotopic (exact) mass is 346 g/mol. The number of ether oxygens (including phenoxy) is 1. The molecule has 0 aliphatic rings. The van der Waals surface area contributed by atoms with Gasteiger partial charge in [-0.3, -0.25) is 4.57 Å². The molecule has 1 atom stereocenters. The summed E-state index contributed by atoms with van der Waals surface area (Å²) in [4.78, 5) is 38.8. The summed E-state index contributed by atoms with van der Waals surface area (Å²) in [5.74, 6) is -0.186. The number of hydrogen-bond donors (Lipinski definition) is 2. The second-order valence-corrected chi connectivity index (χ2v) is 7.07. The third-order valence-electron chi connectivity index (χ3n) is 1.61. The summed E-state index contributed by atoms with van der Waals surface area (Å²) in [5, 5.41) is 0.317. The van der Waals surface area contributed by atoms with Crippen LogP contribution in [0.1, 0.15) is 0 Å². The standard InChI is InChI=1S/C7H9ClO7P2.2Na/c8-5-1-3-6(4-2-5)15-7(16(9,10)11)17(12,13)14;;/h1-4,7H,(H2,9,10,11)(H2,12,13,14);;/q;2*+1/p-2. The average molecular weight is 347 g/mol. The molecule has 0 aromatic heterocycles. The Labute approximate surface area is 158 Å². The van der Waals surface area contributed by atoms with Crippen LogP contribution in [0.5, 0.6) is 5.75 Å². The smallest absolute Gasteiger partial charge is 0.808 e. The largest absolute Gasteiger partial charge is 1.00 e. The summed E-state index contributed by atoms with van der Waals surface area (Å²) in [6.45, 7) is 0. The molecular weight excluding hydrogens is 339 g/mol.